The summed E-state index contributed by atoms with van der Waals surface area (Å²) in [6.45, 7) is 0. The van der Waals surface area contributed by atoms with E-state index in [1.54, 1.807) is 11.1 Å². The van der Waals surface area contributed by atoms with Gasteiger partial charge in [0.05, 0.1) is 16.7 Å². The van der Waals surface area contributed by atoms with E-state index >= 15 is 0 Å². The summed E-state index contributed by atoms with van der Waals surface area (Å²) in [5.74, 6) is 4.71. The van der Waals surface area contributed by atoms with Crippen LogP contribution in [0.4, 0.5) is 0 Å². The van der Waals surface area contributed by atoms with Crippen LogP contribution < -0.4 is 0 Å². The van der Waals surface area contributed by atoms with E-state index < -0.39 is 0 Å². The van der Waals surface area contributed by atoms with Crippen molar-refractivity contribution in [3.8, 4) is 39.3 Å². The Bertz CT molecular complexity index is 2760. The van der Waals surface area contributed by atoms with Crippen molar-refractivity contribution in [3.63, 3.8) is 0 Å². The minimum Gasteiger partial charge on any atom is -0.294 e. The van der Waals surface area contributed by atoms with E-state index in [2.05, 4.69) is 150 Å². The smallest absolute Gasteiger partial charge is 0.138 e. The Morgan fingerprint density at radius 3 is 2.14 bits per heavy atom. The highest BCUT2D eigenvalue weighted by molar-refractivity contribution is 6.21. The van der Waals surface area contributed by atoms with Gasteiger partial charge in [-0.05, 0) is 129 Å². The highest BCUT2D eigenvalue weighted by atomic mass is 15.1. The third kappa shape index (κ3) is 2.81. The Labute approximate surface area is 291 Å². The maximum atomic E-state index is 5.24. The number of pyridine rings is 1. The Hall–Kier alpha value is -5.47. The molecule has 0 amide bonds. The van der Waals surface area contributed by atoms with E-state index in [1.165, 1.54) is 74.1 Å². The first-order valence-electron chi connectivity index (χ1n) is 18.5. The highest BCUT2D eigenvalue weighted by Crippen LogP contribution is 2.94. The van der Waals surface area contributed by atoms with Gasteiger partial charge in [0.2, 0.25) is 0 Å². The molecule has 5 aliphatic rings. The molecule has 236 valence electrons. The number of nitrogens with zero attached hydrogens (tertiary/aromatic N) is 2. The second-order valence-electron chi connectivity index (χ2n) is 15.9. The van der Waals surface area contributed by atoms with Crippen molar-refractivity contribution in [1.29, 1.82) is 0 Å². The first kappa shape index (κ1) is 26.4. The fraction of sp³-hybridized carbons (Fsp3) is 0.188. The number of hydrogen-bond acceptors (Lipinski definition) is 1. The van der Waals surface area contributed by atoms with Crippen LogP contribution >= 0.6 is 0 Å². The summed E-state index contributed by atoms with van der Waals surface area (Å²) in [6, 6.07) is 54.3. The lowest BCUT2D eigenvalue weighted by Crippen LogP contribution is -2.88. The molecule has 0 N–H and O–H groups in total. The zero-order valence-corrected chi connectivity index (χ0v) is 27.7. The first-order chi connectivity index (χ1) is 24.8. The molecule has 13 rings (SSSR count). The first-order valence-corrected chi connectivity index (χ1v) is 18.5. The Balaban J connectivity index is 1.01. The van der Waals surface area contributed by atoms with Gasteiger partial charge in [-0.3, -0.25) is 4.57 Å². The molecule has 2 heteroatoms. The summed E-state index contributed by atoms with van der Waals surface area (Å²) in [5.41, 5.74) is 14.2. The predicted octanol–water partition coefficient (Wildman–Crippen LogP) is 11.6. The van der Waals surface area contributed by atoms with Crippen LogP contribution in [0.2, 0.25) is 0 Å². The molecular weight excluding hydrogens is 605 g/mol. The van der Waals surface area contributed by atoms with Crippen LogP contribution in [0, 0.1) is 29.1 Å². The molecule has 0 aliphatic heterocycles. The number of hydrogen-bond donors (Lipinski definition) is 0. The molecule has 2 aromatic heterocycles. The van der Waals surface area contributed by atoms with Crippen LogP contribution in [0.5, 0.6) is 0 Å². The standard InChI is InChI=1S/C48H34N2/c1-2-10-29(11-3-1)40-15-8-16-45(49-40)50-41-21-19-31(24-37(41)46-34-12-5-4-9-28(34)18-22-42(46)50)30-17-20-39-36(23-30)35-13-6-7-14-38(35)48(39)43-26-32-25-33-27-44(48)47(32,33)43/h1-24,32-33,43-44H,25-27H2. The average Bonchev–Trinajstić information content (AvgIpc) is 3.64. The lowest BCUT2D eigenvalue weighted by atomic mass is 9.11. The highest BCUT2D eigenvalue weighted by Gasteiger charge is 2.90. The van der Waals surface area contributed by atoms with Crippen molar-refractivity contribution >= 4 is 32.6 Å². The lowest BCUT2D eigenvalue weighted by molar-refractivity contribution is -0.412. The molecule has 6 aromatic carbocycles. The van der Waals surface area contributed by atoms with Gasteiger partial charge in [0, 0.05) is 21.8 Å². The molecule has 2 spiro atoms. The van der Waals surface area contributed by atoms with Gasteiger partial charge >= 0.3 is 0 Å². The third-order valence-corrected chi connectivity index (χ3v) is 14.5. The molecule has 4 saturated carbocycles. The SMILES string of the molecule is c1ccc(-c2cccc(-n3c4ccc(-c5ccc6c(c5)-c5ccccc5C65C6CC7CC8CC5C786)cc4c4c5ccccc5ccc43)n2)cc1. The second kappa shape index (κ2) is 8.81. The fourth-order valence-corrected chi connectivity index (χ4v) is 12.7. The Kier molecular flexibility index (Phi) is 4.65. The van der Waals surface area contributed by atoms with Crippen molar-refractivity contribution in [1.82, 2.24) is 9.55 Å². The van der Waals surface area contributed by atoms with Crippen LogP contribution in [0.3, 0.4) is 0 Å². The molecule has 0 radical (unpaired) electrons. The molecule has 5 aliphatic carbocycles. The summed E-state index contributed by atoms with van der Waals surface area (Å²) in [5, 5.41) is 5.10. The van der Waals surface area contributed by atoms with Gasteiger partial charge in [-0.25, -0.2) is 4.98 Å². The van der Waals surface area contributed by atoms with Gasteiger partial charge in [-0.2, -0.15) is 0 Å². The van der Waals surface area contributed by atoms with Gasteiger partial charge in [0.25, 0.3) is 0 Å². The second-order valence-corrected chi connectivity index (χ2v) is 15.9. The minimum absolute atomic E-state index is 0.259. The van der Waals surface area contributed by atoms with E-state index in [4.69, 9.17) is 4.98 Å². The summed E-state index contributed by atoms with van der Waals surface area (Å²) >= 11 is 0. The van der Waals surface area contributed by atoms with Crippen LogP contribution in [-0.4, -0.2) is 9.55 Å². The van der Waals surface area contributed by atoms with Crippen molar-refractivity contribution in [3.05, 3.63) is 157 Å². The number of benzene rings is 6. The van der Waals surface area contributed by atoms with E-state index in [9.17, 15) is 0 Å². The zero-order chi connectivity index (χ0) is 32.3. The van der Waals surface area contributed by atoms with Crippen LogP contribution in [-0.2, 0) is 5.41 Å². The lowest BCUT2D eigenvalue weighted by Gasteiger charge is -2.92. The predicted molar refractivity (Wildman–Crippen MR) is 203 cm³/mol. The van der Waals surface area contributed by atoms with Crippen molar-refractivity contribution in [2.75, 3.05) is 0 Å². The topological polar surface area (TPSA) is 17.8 Å². The molecular formula is C48H34N2. The largest absolute Gasteiger partial charge is 0.294 e. The van der Waals surface area contributed by atoms with Crippen molar-refractivity contribution in [2.45, 2.75) is 24.7 Å². The van der Waals surface area contributed by atoms with Gasteiger partial charge in [-0.1, -0.05) is 109 Å². The molecule has 0 bridgehead atoms. The number of fused-ring (bicyclic) bond motifs is 12. The number of aromatic nitrogens is 2. The van der Waals surface area contributed by atoms with Crippen molar-refractivity contribution in [2.24, 2.45) is 29.1 Å². The van der Waals surface area contributed by atoms with Crippen LogP contribution in [0.1, 0.15) is 30.4 Å². The fourth-order valence-electron chi connectivity index (χ4n) is 12.7. The van der Waals surface area contributed by atoms with Gasteiger partial charge in [-0.15, -0.1) is 0 Å². The minimum atomic E-state index is 0.259. The van der Waals surface area contributed by atoms with Gasteiger partial charge in [0.1, 0.15) is 5.82 Å². The summed E-state index contributed by atoms with van der Waals surface area (Å²) in [7, 11) is 0. The Morgan fingerprint density at radius 1 is 0.520 bits per heavy atom. The Morgan fingerprint density at radius 2 is 1.26 bits per heavy atom. The average molecular weight is 639 g/mol. The molecule has 8 aromatic rings. The van der Waals surface area contributed by atoms with Gasteiger partial charge < -0.3 is 0 Å². The number of rotatable bonds is 3. The molecule has 4 fully saturated rings. The normalized spacial score (nSPS) is 27.5. The van der Waals surface area contributed by atoms with Crippen LogP contribution in [0.15, 0.2) is 146 Å². The maximum Gasteiger partial charge on any atom is 0.138 e. The third-order valence-electron chi connectivity index (χ3n) is 14.5. The van der Waals surface area contributed by atoms with E-state index in [0.29, 0.717) is 5.41 Å². The zero-order valence-electron chi connectivity index (χ0n) is 27.7. The summed E-state index contributed by atoms with van der Waals surface area (Å²) in [4.78, 5) is 5.24. The van der Waals surface area contributed by atoms with Gasteiger partial charge in [0.15, 0.2) is 0 Å². The quantitative estimate of drug-likeness (QED) is 0.188. The summed E-state index contributed by atoms with van der Waals surface area (Å²) < 4.78 is 2.36. The molecule has 0 saturated heterocycles. The monoisotopic (exact) mass is 638 g/mol. The molecule has 4 atom stereocenters. The maximum absolute atomic E-state index is 5.24. The molecule has 2 heterocycles. The van der Waals surface area contributed by atoms with Crippen LogP contribution in [0.25, 0.3) is 71.9 Å². The van der Waals surface area contributed by atoms with E-state index in [0.717, 1.165) is 40.7 Å². The molecule has 4 unspecified atom stereocenters. The molecule has 50 heavy (non-hydrogen) atoms. The molecule has 2 nitrogen and oxygen atoms in total. The van der Waals surface area contributed by atoms with E-state index in [-0.39, 0.29) is 5.41 Å². The van der Waals surface area contributed by atoms with E-state index in [1.807, 2.05) is 0 Å². The summed E-state index contributed by atoms with van der Waals surface area (Å²) in [6.07, 6.45) is 4.40. The van der Waals surface area contributed by atoms with Crippen molar-refractivity contribution < 1.29 is 0 Å².